The lowest BCUT2D eigenvalue weighted by molar-refractivity contribution is -0.188. The normalized spacial score (nSPS) is 25.9. The Labute approximate surface area is 195 Å². The number of nitrogens with one attached hydrogen (secondary N) is 2. The third-order valence-electron chi connectivity index (χ3n) is 5.37. The van der Waals surface area contributed by atoms with Gasteiger partial charge in [-0.05, 0) is 32.0 Å². The molecule has 2 aromatic rings. The van der Waals surface area contributed by atoms with Crippen molar-refractivity contribution in [1.29, 1.82) is 0 Å². The SMILES string of the molecule is CC1(C)O[C@@H]2[C@@H](CNC(=O)c3cnc(Cl)cc3Cl)OC[C@]2(CNC(=O)c2ccccc2)O1. The number of carbonyl (C=O) groups excluding carboxylic acids is 2. The molecule has 1 aromatic heterocycles. The van der Waals surface area contributed by atoms with Gasteiger partial charge >= 0.3 is 0 Å². The highest BCUT2D eigenvalue weighted by Crippen LogP contribution is 2.43. The molecule has 0 aliphatic carbocycles. The van der Waals surface area contributed by atoms with Crippen LogP contribution in [0.3, 0.4) is 0 Å². The van der Waals surface area contributed by atoms with Crippen LogP contribution in [-0.4, -0.2) is 60.1 Å². The first-order valence-corrected chi connectivity index (χ1v) is 10.9. The number of rotatable bonds is 6. The molecule has 2 aliphatic heterocycles. The maximum absolute atomic E-state index is 12.5. The van der Waals surface area contributed by atoms with Crippen molar-refractivity contribution in [1.82, 2.24) is 15.6 Å². The van der Waals surface area contributed by atoms with Gasteiger partial charge in [0.1, 0.15) is 23.0 Å². The van der Waals surface area contributed by atoms with Crippen LogP contribution in [0.25, 0.3) is 0 Å². The molecule has 4 rings (SSSR count). The Morgan fingerprint density at radius 1 is 1.16 bits per heavy atom. The minimum atomic E-state index is -0.872. The van der Waals surface area contributed by atoms with Gasteiger partial charge in [0.25, 0.3) is 11.8 Å². The van der Waals surface area contributed by atoms with Crippen molar-refractivity contribution in [3.63, 3.8) is 0 Å². The van der Waals surface area contributed by atoms with E-state index in [4.69, 9.17) is 37.4 Å². The van der Waals surface area contributed by atoms with Crippen molar-refractivity contribution in [2.24, 2.45) is 0 Å². The van der Waals surface area contributed by atoms with Crippen molar-refractivity contribution < 1.29 is 23.8 Å². The molecule has 0 spiro atoms. The first-order valence-electron chi connectivity index (χ1n) is 10.1. The maximum Gasteiger partial charge on any atom is 0.254 e. The van der Waals surface area contributed by atoms with Gasteiger partial charge in [0.2, 0.25) is 0 Å². The van der Waals surface area contributed by atoms with Gasteiger partial charge in [-0.3, -0.25) is 9.59 Å². The van der Waals surface area contributed by atoms with E-state index in [1.165, 1.54) is 12.3 Å². The van der Waals surface area contributed by atoms with Crippen molar-refractivity contribution in [2.45, 2.75) is 37.4 Å². The van der Waals surface area contributed by atoms with Gasteiger partial charge in [-0.2, -0.15) is 0 Å². The summed E-state index contributed by atoms with van der Waals surface area (Å²) >= 11 is 11.9. The second-order valence-corrected chi connectivity index (χ2v) is 8.99. The summed E-state index contributed by atoms with van der Waals surface area (Å²) in [6.07, 6.45) is 0.345. The number of hydrogen-bond acceptors (Lipinski definition) is 6. The molecule has 2 amide bonds. The number of nitrogens with zero attached hydrogens (tertiary/aromatic N) is 1. The summed E-state index contributed by atoms with van der Waals surface area (Å²) in [6, 6.07) is 10.3. The number of fused-ring (bicyclic) bond motifs is 1. The highest BCUT2D eigenvalue weighted by molar-refractivity contribution is 6.36. The predicted molar refractivity (Wildman–Crippen MR) is 118 cm³/mol. The number of aromatic nitrogens is 1. The zero-order chi connectivity index (χ0) is 22.9. The lowest BCUT2D eigenvalue weighted by Gasteiger charge is -2.27. The van der Waals surface area contributed by atoms with Crippen LogP contribution in [-0.2, 0) is 14.2 Å². The minimum Gasteiger partial charge on any atom is -0.370 e. The van der Waals surface area contributed by atoms with Gasteiger partial charge in [-0.15, -0.1) is 0 Å². The van der Waals surface area contributed by atoms with Gasteiger partial charge in [0.15, 0.2) is 5.79 Å². The first-order chi connectivity index (χ1) is 15.2. The number of amides is 2. The number of benzene rings is 1. The van der Waals surface area contributed by atoms with Crippen LogP contribution in [0.2, 0.25) is 10.2 Å². The van der Waals surface area contributed by atoms with E-state index >= 15 is 0 Å². The largest absolute Gasteiger partial charge is 0.370 e. The average molecular weight is 480 g/mol. The summed E-state index contributed by atoms with van der Waals surface area (Å²) < 4.78 is 18.2. The fourth-order valence-electron chi connectivity index (χ4n) is 3.98. The van der Waals surface area contributed by atoms with E-state index in [0.717, 1.165) is 0 Å². The highest BCUT2D eigenvalue weighted by Gasteiger charge is 2.61. The smallest absolute Gasteiger partial charge is 0.254 e. The summed E-state index contributed by atoms with van der Waals surface area (Å²) in [5.74, 6) is -1.48. The molecule has 2 saturated heterocycles. The fraction of sp³-hybridized carbons (Fsp3) is 0.409. The van der Waals surface area contributed by atoms with Gasteiger partial charge in [0.05, 0.1) is 23.7 Å². The first kappa shape index (κ1) is 22.9. The molecule has 8 nitrogen and oxygen atoms in total. The maximum atomic E-state index is 12.5. The average Bonchev–Trinajstić information content (AvgIpc) is 3.21. The Bertz CT molecular complexity index is 1020. The van der Waals surface area contributed by atoms with Crippen LogP contribution in [0, 0.1) is 0 Å². The van der Waals surface area contributed by atoms with E-state index in [9.17, 15) is 9.59 Å². The van der Waals surface area contributed by atoms with Crippen molar-refractivity contribution >= 4 is 35.0 Å². The van der Waals surface area contributed by atoms with Gasteiger partial charge in [-0.1, -0.05) is 41.4 Å². The Morgan fingerprint density at radius 2 is 1.91 bits per heavy atom. The molecule has 0 saturated carbocycles. The number of carbonyl (C=O) groups is 2. The molecule has 10 heteroatoms. The molecule has 2 N–H and O–H groups in total. The van der Waals surface area contributed by atoms with E-state index in [-0.39, 0.29) is 41.3 Å². The topological polar surface area (TPSA) is 98.8 Å². The summed E-state index contributed by atoms with van der Waals surface area (Å²) in [5.41, 5.74) is -0.114. The molecule has 2 fully saturated rings. The van der Waals surface area contributed by atoms with Gasteiger partial charge in [-0.25, -0.2) is 4.98 Å². The summed E-state index contributed by atoms with van der Waals surface area (Å²) in [6.45, 7) is 4.18. The van der Waals surface area contributed by atoms with Crippen LogP contribution in [0.15, 0.2) is 42.6 Å². The second-order valence-electron chi connectivity index (χ2n) is 8.20. The fourth-order valence-corrected chi connectivity index (χ4v) is 4.44. The van der Waals surface area contributed by atoms with Crippen LogP contribution in [0.1, 0.15) is 34.6 Å². The molecule has 3 atom stereocenters. The van der Waals surface area contributed by atoms with E-state index < -0.39 is 29.5 Å². The molecule has 0 unspecified atom stereocenters. The molecule has 1 aromatic carbocycles. The summed E-state index contributed by atoms with van der Waals surface area (Å²) in [4.78, 5) is 29.0. The third-order valence-corrected chi connectivity index (χ3v) is 5.89. The standard InChI is InChI=1S/C22H23Cl2N3O5/c1-21(2)31-18-16(10-26-20(29)14-9-25-17(24)8-15(14)23)30-12-22(18,32-21)11-27-19(28)13-6-4-3-5-7-13/h3-9,16,18H,10-12H2,1-2H3,(H,26,29)(H,27,28)/t16-,18-,22+/m1/s1. The number of hydrogen-bond donors (Lipinski definition) is 2. The van der Waals surface area contributed by atoms with Crippen molar-refractivity contribution in [2.75, 3.05) is 19.7 Å². The van der Waals surface area contributed by atoms with Crippen LogP contribution in [0.4, 0.5) is 0 Å². The third kappa shape index (κ3) is 4.74. The molecule has 2 aliphatic rings. The van der Waals surface area contributed by atoms with E-state index in [1.807, 2.05) is 6.07 Å². The van der Waals surface area contributed by atoms with Crippen LogP contribution < -0.4 is 10.6 Å². The van der Waals surface area contributed by atoms with E-state index in [2.05, 4.69) is 15.6 Å². The number of pyridine rings is 1. The Morgan fingerprint density at radius 3 is 2.62 bits per heavy atom. The molecule has 170 valence electrons. The monoisotopic (exact) mass is 479 g/mol. The van der Waals surface area contributed by atoms with Gasteiger partial charge < -0.3 is 24.8 Å². The Kier molecular flexibility index (Phi) is 6.42. The predicted octanol–water partition coefficient (Wildman–Crippen LogP) is 2.84. The second kappa shape index (κ2) is 8.96. The molecule has 32 heavy (non-hydrogen) atoms. The van der Waals surface area contributed by atoms with Crippen molar-refractivity contribution in [3.05, 3.63) is 63.9 Å². The van der Waals surface area contributed by atoms with Crippen LogP contribution in [0.5, 0.6) is 0 Å². The Balaban J connectivity index is 1.42. The minimum absolute atomic E-state index is 0.163. The highest BCUT2D eigenvalue weighted by atomic mass is 35.5. The van der Waals surface area contributed by atoms with E-state index in [0.29, 0.717) is 5.56 Å². The van der Waals surface area contributed by atoms with Crippen LogP contribution >= 0.6 is 23.2 Å². The lowest BCUT2D eigenvalue weighted by Crippen LogP contribution is -2.52. The molecular formula is C22H23Cl2N3O5. The number of ether oxygens (including phenoxy) is 3. The molecular weight excluding hydrogens is 457 g/mol. The number of halogens is 2. The molecule has 3 heterocycles. The lowest BCUT2D eigenvalue weighted by atomic mass is 9.96. The van der Waals surface area contributed by atoms with E-state index in [1.54, 1.807) is 38.1 Å². The molecule has 0 radical (unpaired) electrons. The molecule has 0 bridgehead atoms. The van der Waals surface area contributed by atoms with Crippen molar-refractivity contribution in [3.8, 4) is 0 Å². The zero-order valence-electron chi connectivity index (χ0n) is 17.6. The quantitative estimate of drug-likeness (QED) is 0.618. The summed E-state index contributed by atoms with van der Waals surface area (Å²) in [5, 5.41) is 6.11. The van der Waals surface area contributed by atoms with Gasteiger partial charge in [0, 0.05) is 18.3 Å². The summed E-state index contributed by atoms with van der Waals surface area (Å²) in [7, 11) is 0. The zero-order valence-corrected chi connectivity index (χ0v) is 19.1. The Hall–Kier alpha value is -2.23.